The Bertz CT molecular complexity index is 117. The molecule has 0 aliphatic carbocycles. The smallest absolute Gasteiger partial charge is 0.812 e. The zero-order valence-electron chi connectivity index (χ0n) is 5.64. The van der Waals surface area contributed by atoms with Crippen molar-refractivity contribution in [3.05, 3.63) is 0 Å². The fourth-order valence-electron chi connectivity index (χ4n) is 0. The molecule has 11 heavy (non-hydrogen) atoms. The first-order valence-electron chi connectivity index (χ1n) is 1.32. The van der Waals surface area contributed by atoms with E-state index >= 15 is 0 Å². The molecule has 8 heteroatoms. The average Bonchev–Trinajstić information content (AvgIpc) is 1.70. The molecule has 0 amide bonds. The van der Waals surface area contributed by atoms with E-state index in [1.807, 2.05) is 0 Å². The number of aliphatic hydroxyl groups excluding tert-OH is 2. The van der Waals surface area contributed by atoms with Gasteiger partial charge in [-0.05, 0) is 0 Å². The van der Waals surface area contributed by atoms with E-state index in [2.05, 4.69) is 0 Å². The summed E-state index contributed by atoms with van der Waals surface area (Å²) in [6, 6.07) is 0. The first kappa shape index (κ1) is 31.9. The monoisotopic (exact) mass is 185 g/mol. The molecule has 2 N–H and O–H groups in total. The molecule has 0 saturated carbocycles. The number of hydrogen-bond acceptors (Lipinski definition) is 6. The summed E-state index contributed by atoms with van der Waals surface area (Å²) in [6.45, 7) is 0. The molecule has 0 unspecified atom stereocenters. The molecule has 56 valence electrons. The number of rotatable bonds is 0. The first-order chi connectivity index (χ1) is 4.24. The van der Waals surface area contributed by atoms with Crippen molar-refractivity contribution >= 4 is 13.5 Å². The van der Waals surface area contributed by atoms with E-state index in [9.17, 15) is 0 Å². The minimum Gasteiger partial charge on any atom is -0.812 e. The predicted molar refractivity (Wildman–Crippen MR) is 31.1 cm³/mol. The number of nitriles is 3. The largest absolute Gasteiger partial charge is 1.00 e. The summed E-state index contributed by atoms with van der Waals surface area (Å²) in [5, 5.41) is 42.5. The standard InChI is InChI=1S/3CHNO.Na.H2S/c3*2-1-3;;/h3*3H;;1H2/q;;;+1;/p-1. The topological polar surface area (TPSA) is 135 Å². The van der Waals surface area contributed by atoms with Gasteiger partial charge in [0.2, 0.25) is 0 Å². The molecule has 0 aromatic heterocycles. The summed E-state index contributed by atoms with van der Waals surface area (Å²) in [4.78, 5) is 0. The fraction of sp³-hybridized carbons (Fsp3) is 0. The van der Waals surface area contributed by atoms with Gasteiger partial charge >= 0.3 is 29.6 Å². The summed E-state index contributed by atoms with van der Waals surface area (Å²) in [5.74, 6) is 0. The van der Waals surface area contributed by atoms with Crippen LogP contribution in [0, 0.1) is 34.6 Å². The second kappa shape index (κ2) is 126. The van der Waals surface area contributed by atoms with Crippen molar-refractivity contribution in [2.75, 3.05) is 0 Å². The van der Waals surface area contributed by atoms with E-state index in [0.717, 1.165) is 12.5 Å². The van der Waals surface area contributed by atoms with Gasteiger partial charge in [0.1, 0.15) is 0 Å². The maximum Gasteiger partial charge on any atom is 1.00 e. The summed E-state index contributed by atoms with van der Waals surface area (Å²) in [5.41, 5.74) is 0. The molecular weight excluding hydrogens is 181 g/mol. The van der Waals surface area contributed by atoms with Crippen molar-refractivity contribution in [2.45, 2.75) is 0 Å². The Hall–Kier alpha value is -0.780. The maximum atomic E-state index is 8.24. The SMILES string of the molecule is N#CO.N#CO.N#C[O-].S.[Na+]. The van der Waals surface area contributed by atoms with Crippen LogP contribution in [0.2, 0.25) is 0 Å². The van der Waals surface area contributed by atoms with Crippen LogP contribution >= 0.6 is 13.5 Å². The Morgan fingerprint density at radius 3 is 1.00 bits per heavy atom. The molecule has 0 heterocycles. The minimum absolute atomic E-state index is 0. The molecule has 0 spiro atoms. The van der Waals surface area contributed by atoms with Crippen LogP contribution in [0.15, 0.2) is 0 Å². The van der Waals surface area contributed by atoms with Crippen LogP contribution < -0.4 is 34.7 Å². The molecule has 0 rings (SSSR count). The van der Waals surface area contributed by atoms with Crippen molar-refractivity contribution in [2.24, 2.45) is 0 Å². The molecule has 0 bridgehead atoms. The maximum absolute atomic E-state index is 8.24. The number of nitrogens with zero attached hydrogens (tertiary/aromatic N) is 3. The molecule has 0 aliphatic heterocycles. The zero-order valence-corrected chi connectivity index (χ0v) is 8.64. The summed E-state index contributed by atoms with van der Waals surface area (Å²) in [6.07, 6.45) is 2.00. The Labute approximate surface area is 92.6 Å². The van der Waals surface area contributed by atoms with Crippen molar-refractivity contribution in [1.29, 1.82) is 15.8 Å². The summed E-state index contributed by atoms with van der Waals surface area (Å²) < 4.78 is 0. The molecular formula is C3H4N3NaO3S. The van der Waals surface area contributed by atoms with Gasteiger partial charge in [0.05, 0.1) is 0 Å². The molecule has 0 aromatic rings. The molecule has 0 aliphatic rings. The molecule has 0 saturated heterocycles. The van der Waals surface area contributed by atoms with Crippen LogP contribution in [0.5, 0.6) is 0 Å². The van der Waals surface area contributed by atoms with E-state index in [1.54, 1.807) is 0 Å². The number of hydrogen-bond donors (Lipinski definition) is 2. The quantitative estimate of drug-likeness (QED) is 0.289. The second-order valence-corrected chi connectivity index (χ2v) is 0.291. The zero-order chi connectivity index (χ0) is 8.12. The van der Waals surface area contributed by atoms with Gasteiger partial charge < -0.3 is 15.3 Å². The van der Waals surface area contributed by atoms with Gasteiger partial charge in [-0.2, -0.15) is 24.0 Å². The molecule has 0 radical (unpaired) electrons. The Balaban J connectivity index is -0.0000000150. The van der Waals surface area contributed by atoms with Crippen molar-refractivity contribution in [3.63, 3.8) is 0 Å². The van der Waals surface area contributed by atoms with Crippen molar-refractivity contribution in [3.8, 4) is 18.8 Å². The normalized spacial score (nSPS) is 1.91. The van der Waals surface area contributed by atoms with E-state index in [1.165, 1.54) is 0 Å². The third kappa shape index (κ3) is 790. The predicted octanol–water partition coefficient (Wildman–Crippen LogP) is -4.38. The average molecular weight is 185 g/mol. The molecule has 0 aromatic carbocycles. The molecule has 6 nitrogen and oxygen atoms in total. The van der Waals surface area contributed by atoms with Crippen molar-refractivity contribution in [1.82, 2.24) is 0 Å². The second-order valence-electron chi connectivity index (χ2n) is 0.291. The Morgan fingerprint density at radius 2 is 1.00 bits per heavy atom. The van der Waals surface area contributed by atoms with Gasteiger partial charge in [0.25, 0.3) is 12.5 Å². The van der Waals surface area contributed by atoms with Gasteiger partial charge in [-0.25, -0.2) is 5.26 Å². The van der Waals surface area contributed by atoms with E-state index in [-0.39, 0.29) is 43.1 Å². The van der Waals surface area contributed by atoms with Gasteiger partial charge in [-0.1, -0.05) is 0 Å². The van der Waals surface area contributed by atoms with Crippen molar-refractivity contribution < 1.29 is 44.9 Å². The summed E-state index contributed by atoms with van der Waals surface area (Å²) >= 11 is 0. The van der Waals surface area contributed by atoms with Crippen LogP contribution in [-0.2, 0) is 0 Å². The number of aliphatic hydroxyl groups is 2. The third-order valence-electron chi connectivity index (χ3n) is 0. The Kier molecular flexibility index (Phi) is 366. The third-order valence-corrected chi connectivity index (χ3v) is 0. The van der Waals surface area contributed by atoms with Gasteiger partial charge in [0, 0.05) is 6.26 Å². The Morgan fingerprint density at radius 1 is 1.00 bits per heavy atom. The summed E-state index contributed by atoms with van der Waals surface area (Å²) in [7, 11) is 0. The van der Waals surface area contributed by atoms with Crippen LogP contribution in [0.25, 0.3) is 0 Å². The van der Waals surface area contributed by atoms with Crippen LogP contribution in [0.1, 0.15) is 0 Å². The van der Waals surface area contributed by atoms with Crippen LogP contribution in [0.4, 0.5) is 0 Å². The fourth-order valence-corrected chi connectivity index (χ4v) is 0. The van der Waals surface area contributed by atoms with Crippen LogP contribution in [0.3, 0.4) is 0 Å². The van der Waals surface area contributed by atoms with Gasteiger partial charge in [-0.15, -0.1) is 0 Å². The van der Waals surface area contributed by atoms with E-state index in [4.69, 9.17) is 31.1 Å². The van der Waals surface area contributed by atoms with Gasteiger partial charge in [-0.3, -0.25) is 0 Å². The van der Waals surface area contributed by atoms with Crippen LogP contribution in [-0.4, -0.2) is 10.2 Å². The van der Waals surface area contributed by atoms with E-state index in [0.29, 0.717) is 6.26 Å². The molecule has 0 fully saturated rings. The first-order valence-corrected chi connectivity index (χ1v) is 1.32. The minimum atomic E-state index is 0. The molecule has 0 atom stereocenters. The van der Waals surface area contributed by atoms with Gasteiger partial charge in [0.15, 0.2) is 0 Å². The van der Waals surface area contributed by atoms with E-state index < -0.39 is 0 Å².